The first-order chi connectivity index (χ1) is 11.9. The molecule has 0 aliphatic carbocycles. The molecular weight excluding hydrogens is 344 g/mol. The van der Waals surface area contributed by atoms with Crippen LogP contribution in [0.25, 0.3) is 0 Å². The molecule has 0 aliphatic heterocycles. The summed E-state index contributed by atoms with van der Waals surface area (Å²) in [6, 6.07) is 13.6. The highest BCUT2D eigenvalue weighted by Crippen LogP contribution is 2.16. The number of anilines is 2. The minimum absolute atomic E-state index is 0.00896. The zero-order valence-electron chi connectivity index (χ0n) is 13.5. The van der Waals surface area contributed by atoms with E-state index >= 15 is 0 Å². The fourth-order valence-electron chi connectivity index (χ4n) is 2.07. The number of amides is 2. The van der Waals surface area contributed by atoms with E-state index in [1.54, 1.807) is 48.5 Å². The Morgan fingerprint density at radius 3 is 2.36 bits per heavy atom. The van der Waals surface area contributed by atoms with Crippen molar-refractivity contribution >= 4 is 40.8 Å². The lowest BCUT2D eigenvalue weighted by Crippen LogP contribution is -2.21. The molecule has 2 N–H and O–H groups in total. The van der Waals surface area contributed by atoms with E-state index in [0.29, 0.717) is 22.0 Å². The van der Waals surface area contributed by atoms with Gasteiger partial charge in [0.25, 0.3) is 5.91 Å². The smallest absolute Gasteiger partial charge is 0.310 e. The highest BCUT2D eigenvalue weighted by Gasteiger charge is 2.11. The Balaban J connectivity index is 1.83. The minimum atomic E-state index is -0.546. The van der Waals surface area contributed by atoms with Crippen molar-refractivity contribution in [2.24, 2.45) is 0 Å². The van der Waals surface area contributed by atoms with Gasteiger partial charge in [0.15, 0.2) is 6.61 Å². The lowest BCUT2D eigenvalue weighted by molar-refractivity contribution is -0.146. The maximum absolute atomic E-state index is 11.9. The van der Waals surface area contributed by atoms with Gasteiger partial charge in [-0.05, 0) is 29.8 Å². The number of ether oxygens (including phenoxy) is 1. The highest BCUT2D eigenvalue weighted by molar-refractivity contribution is 6.31. The van der Waals surface area contributed by atoms with Gasteiger partial charge in [-0.15, -0.1) is 0 Å². The van der Waals surface area contributed by atoms with Crippen molar-refractivity contribution in [3.8, 4) is 0 Å². The number of nitrogens with one attached hydrogen (secondary N) is 2. The van der Waals surface area contributed by atoms with Crippen LogP contribution in [-0.4, -0.2) is 24.4 Å². The van der Waals surface area contributed by atoms with Crippen LogP contribution in [0.3, 0.4) is 0 Å². The zero-order valence-corrected chi connectivity index (χ0v) is 14.3. The number of hydrogen-bond donors (Lipinski definition) is 2. The van der Waals surface area contributed by atoms with Crippen LogP contribution in [0.4, 0.5) is 11.4 Å². The summed E-state index contributed by atoms with van der Waals surface area (Å²) in [7, 11) is 0. The summed E-state index contributed by atoms with van der Waals surface area (Å²) in [5.41, 5.74) is 1.68. The van der Waals surface area contributed by atoms with E-state index < -0.39 is 18.5 Å². The molecule has 0 heterocycles. The molecule has 0 aromatic heterocycles. The predicted molar refractivity (Wildman–Crippen MR) is 95.5 cm³/mol. The average Bonchev–Trinajstić information content (AvgIpc) is 2.55. The monoisotopic (exact) mass is 360 g/mol. The van der Waals surface area contributed by atoms with Crippen LogP contribution >= 0.6 is 11.6 Å². The number of rotatable bonds is 6. The van der Waals surface area contributed by atoms with Crippen LogP contribution in [-0.2, 0) is 25.5 Å². The second kappa shape index (κ2) is 8.84. The van der Waals surface area contributed by atoms with Crippen LogP contribution < -0.4 is 10.6 Å². The van der Waals surface area contributed by atoms with Gasteiger partial charge in [0, 0.05) is 23.3 Å². The standard InChI is InChI=1S/C18H17ClN2O4/c1-12(22)20-14-6-4-7-15(10-14)21-17(23)11-25-18(24)9-13-5-2-3-8-16(13)19/h2-8,10H,9,11H2,1H3,(H,20,22)(H,21,23). The Bertz CT molecular complexity index is 792. The number of carbonyl (C=O) groups excluding carboxylic acids is 3. The van der Waals surface area contributed by atoms with E-state index in [4.69, 9.17) is 16.3 Å². The fourth-order valence-corrected chi connectivity index (χ4v) is 2.27. The second-order valence-corrected chi connectivity index (χ2v) is 5.65. The Kier molecular flexibility index (Phi) is 6.54. The van der Waals surface area contributed by atoms with Crippen molar-refractivity contribution in [1.29, 1.82) is 0 Å². The molecule has 2 aromatic rings. The van der Waals surface area contributed by atoms with Crippen molar-refractivity contribution in [3.63, 3.8) is 0 Å². The molecule has 0 unspecified atom stereocenters. The van der Waals surface area contributed by atoms with Gasteiger partial charge in [0.05, 0.1) is 6.42 Å². The second-order valence-electron chi connectivity index (χ2n) is 5.24. The van der Waals surface area contributed by atoms with Gasteiger partial charge in [-0.1, -0.05) is 35.9 Å². The average molecular weight is 361 g/mol. The molecule has 0 fully saturated rings. The SMILES string of the molecule is CC(=O)Nc1cccc(NC(=O)COC(=O)Cc2ccccc2Cl)c1. The Morgan fingerprint density at radius 2 is 1.68 bits per heavy atom. The molecule has 0 saturated carbocycles. The van der Waals surface area contributed by atoms with Gasteiger partial charge in [-0.2, -0.15) is 0 Å². The summed E-state index contributed by atoms with van der Waals surface area (Å²) in [6.07, 6.45) is -0.00896. The molecule has 0 radical (unpaired) electrons. The third-order valence-electron chi connectivity index (χ3n) is 3.12. The van der Waals surface area contributed by atoms with Crippen LogP contribution in [0.1, 0.15) is 12.5 Å². The van der Waals surface area contributed by atoms with Gasteiger partial charge >= 0.3 is 5.97 Å². The summed E-state index contributed by atoms with van der Waals surface area (Å²) in [5.74, 6) is -1.24. The number of benzene rings is 2. The van der Waals surface area contributed by atoms with Crippen molar-refractivity contribution < 1.29 is 19.1 Å². The lowest BCUT2D eigenvalue weighted by atomic mass is 10.1. The summed E-state index contributed by atoms with van der Waals surface area (Å²) < 4.78 is 4.95. The van der Waals surface area contributed by atoms with Crippen LogP contribution in [0.15, 0.2) is 48.5 Å². The Hall–Kier alpha value is -2.86. The topological polar surface area (TPSA) is 84.5 Å². The van der Waals surface area contributed by atoms with Gasteiger partial charge in [-0.25, -0.2) is 0 Å². The Morgan fingerprint density at radius 1 is 1.00 bits per heavy atom. The molecule has 0 aliphatic rings. The zero-order chi connectivity index (χ0) is 18.2. The highest BCUT2D eigenvalue weighted by atomic mass is 35.5. The third kappa shape index (κ3) is 6.27. The number of esters is 1. The third-order valence-corrected chi connectivity index (χ3v) is 3.49. The summed E-state index contributed by atoms with van der Waals surface area (Å²) in [5, 5.41) is 5.68. The number of hydrogen-bond acceptors (Lipinski definition) is 4. The van der Waals surface area contributed by atoms with Gasteiger partial charge < -0.3 is 15.4 Å². The molecule has 2 amide bonds. The van der Waals surface area contributed by atoms with Crippen LogP contribution in [0, 0.1) is 0 Å². The molecule has 0 atom stereocenters. The first-order valence-corrected chi connectivity index (χ1v) is 7.88. The largest absolute Gasteiger partial charge is 0.455 e. The number of halogens is 1. The first kappa shape index (κ1) is 18.5. The van der Waals surface area contributed by atoms with E-state index in [2.05, 4.69) is 10.6 Å². The van der Waals surface area contributed by atoms with Gasteiger partial charge in [0.2, 0.25) is 5.91 Å². The minimum Gasteiger partial charge on any atom is -0.455 e. The predicted octanol–water partition coefficient (Wildman–Crippen LogP) is 3.02. The molecule has 0 bridgehead atoms. The van der Waals surface area contributed by atoms with E-state index in [1.807, 2.05) is 0 Å². The van der Waals surface area contributed by atoms with E-state index in [1.165, 1.54) is 6.92 Å². The normalized spacial score (nSPS) is 10.0. The van der Waals surface area contributed by atoms with Gasteiger partial charge in [-0.3, -0.25) is 14.4 Å². The van der Waals surface area contributed by atoms with Crippen molar-refractivity contribution in [1.82, 2.24) is 0 Å². The summed E-state index contributed by atoms with van der Waals surface area (Å²) >= 11 is 5.97. The quantitative estimate of drug-likeness (QED) is 0.775. The van der Waals surface area contributed by atoms with Crippen molar-refractivity contribution in [2.75, 3.05) is 17.2 Å². The van der Waals surface area contributed by atoms with Gasteiger partial charge in [0.1, 0.15) is 0 Å². The van der Waals surface area contributed by atoms with Crippen LogP contribution in [0.2, 0.25) is 5.02 Å². The molecule has 25 heavy (non-hydrogen) atoms. The lowest BCUT2D eigenvalue weighted by Gasteiger charge is -2.09. The molecule has 130 valence electrons. The first-order valence-electron chi connectivity index (χ1n) is 7.50. The van der Waals surface area contributed by atoms with Crippen molar-refractivity contribution in [3.05, 3.63) is 59.1 Å². The maximum atomic E-state index is 11.9. The van der Waals surface area contributed by atoms with E-state index in [-0.39, 0.29) is 12.3 Å². The molecule has 0 spiro atoms. The van der Waals surface area contributed by atoms with E-state index in [0.717, 1.165) is 0 Å². The fraction of sp³-hybridized carbons (Fsp3) is 0.167. The molecule has 2 aromatic carbocycles. The summed E-state index contributed by atoms with van der Waals surface area (Å²) in [6.45, 7) is 0.983. The van der Waals surface area contributed by atoms with Crippen LogP contribution in [0.5, 0.6) is 0 Å². The molecule has 0 saturated heterocycles. The van der Waals surface area contributed by atoms with Crippen molar-refractivity contribution in [2.45, 2.75) is 13.3 Å². The molecule has 6 nitrogen and oxygen atoms in total. The molecule has 7 heteroatoms. The van der Waals surface area contributed by atoms with E-state index in [9.17, 15) is 14.4 Å². The Labute approximate surface area is 150 Å². The molecule has 2 rings (SSSR count). The summed E-state index contributed by atoms with van der Waals surface area (Å²) in [4.78, 5) is 34.7. The molecular formula is C18H17ClN2O4. The maximum Gasteiger partial charge on any atom is 0.310 e. The number of carbonyl (C=O) groups is 3.